The predicted molar refractivity (Wildman–Crippen MR) is 61.2 cm³/mol. The number of fused-ring (bicyclic) bond motifs is 1. The molecule has 0 bridgehead atoms. The minimum absolute atomic E-state index is 0.203. The first-order valence-corrected chi connectivity index (χ1v) is 5.82. The molecule has 0 aliphatic heterocycles. The number of carboxylic acid groups (broad SMARTS) is 1. The third-order valence-corrected chi connectivity index (χ3v) is 3.41. The van der Waals surface area contributed by atoms with Crippen molar-refractivity contribution in [3.05, 3.63) is 29.8 Å². The van der Waals surface area contributed by atoms with Gasteiger partial charge in [-0.2, -0.15) is 0 Å². The van der Waals surface area contributed by atoms with Crippen LogP contribution in [0, 0.1) is 0 Å². The summed E-state index contributed by atoms with van der Waals surface area (Å²) in [4.78, 5) is 19.2. The summed E-state index contributed by atoms with van der Waals surface area (Å²) in [6.07, 6.45) is 9.59. The number of aromatic carboxylic acids is 1. The molecule has 2 heterocycles. The molecule has 1 fully saturated rings. The second-order valence-corrected chi connectivity index (χ2v) is 4.48. The minimum atomic E-state index is -0.953. The molecule has 88 valence electrons. The summed E-state index contributed by atoms with van der Waals surface area (Å²) in [5, 5.41) is 8.96. The Kier molecular flexibility index (Phi) is 2.31. The fourth-order valence-electron chi connectivity index (χ4n) is 2.53. The lowest BCUT2D eigenvalue weighted by molar-refractivity contribution is 0.0696. The topological polar surface area (TPSA) is 67.5 Å². The van der Waals surface area contributed by atoms with Crippen LogP contribution in [0.25, 0.3) is 5.78 Å². The molecule has 1 N–H and O–H groups in total. The smallest absolute Gasteiger partial charge is 0.338 e. The minimum Gasteiger partial charge on any atom is -0.478 e. The van der Waals surface area contributed by atoms with Gasteiger partial charge in [-0.3, -0.25) is 4.40 Å². The Labute approximate surface area is 98.1 Å². The van der Waals surface area contributed by atoms with Gasteiger partial charge in [-0.1, -0.05) is 12.8 Å². The summed E-state index contributed by atoms with van der Waals surface area (Å²) < 4.78 is 1.82. The first-order valence-electron chi connectivity index (χ1n) is 5.82. The van der Waals surface area contributed by atoms with Crippen molar-refractivity contribution in [3.63, 3.8) is 0 Å². The number of rotatable bonds is 2. The number of carboxylic acids is 1. The van der Waals surface area contributed by atoms with E-state index in [-0.39, 0.29) is 5.56 Å². The number of carbonyl (C=O) groups is 1. The van der Waals surface area contributed by atoms with Gasteiger partial charge < -0.3 is 5.11 Å². The molecule has 0 saturated heterocycles. The van der Waals surface area contributed by atoms with Crippen molar-refractivity contribution in [1.82, 2.24) is 14.4 Å². The van der Waals surface area contributed by atoms with Crippen molar-refractivity contribution in [2.24, 2.45) is 0 Å². The van der Waals surface area contributed by atoms with Gasteiger partial charge in [-0.05, 0) is 12.8 Å². The SMILES string of the molecule is O=C(O)c1cnc2ncc(C3CCCC3)n2c1. The van der Waals surface area contributed by atoms with Crippen molar-refractivity contribution in [2.75, 3.05) is 0 Å². The van der Waals surface area contributed by atoms with Crippen molar-refractivity contribution in [3.8, 4) is 0 Å². The summed E-state index contributed by atoms with van der Waals surface area (Å²) in [6, 6.07) is 0. The van der Waals surface area contributed by atoms with Crippen LogP contribution in [-0.2, 0) is 0 Å². The van der Waals surface area contributed by atoms with Gasteiger partial charge in [0.1, 0.15) is 0 Å². The van der Waals surface area contributed by atoms with Crippen molar-refractivity contribution in [2.45, 2.75) is 31.6 Å². The summed E-state index contributed by atoms with van der Waals surface area (Å²) in [7, 11) is 0. The molecule has 0 radical (unpaired) electrons. The molecule has 17 heavy (non-hydrogen) atoms. The van der Waals surface area contributed by atoms with Gasteiger partial charge in [0.25, 0.3) is 0 Å². The summed E-state index contributed by atoms with van der Waals surface area (Å²) in [6.45, 7) is 0. The van der Waals surface area contributed by atoms with Crippen LogP contribution >= 0.6 is 0 Å². The predicted octanol–water partition coefficient (Wildman–Crippen LogP) is 2.09. The number of hydrogen-bond acceptors (Lipinski definition) is 3. The normalized spacial score (nSPS) is 16.7. The highest BCUT2D eigenvalue weighted by Gasteiger charge is 2.21. The molecular weight excluding hydrogens is 218 g/mol. The van der Waals surface area contributed by atoms with Crippen molar-refractivity contribution >= 4 is 11.7 Å². The largest absolute Gasteiger partial charge is 0.478 e. The Morgan fingerprint density at radius 2 is 2.00 bits per heavy atom. The molecule has 0 amide bonds. The van der Waals surface area contributed by atoms with E-state index in [2.05, 4.69) is 9.97 Å². The highest BCUT2D eigenvalue weighted by atomic mass is 16.4. The monoisotopic (exact) mass is 231 g/mol. The van der Waals surface area contributed by atoms with Gasteiger partial charge in [-0.15, -0.1) is 0 Å². The zero-order chi connectivity index (χ0) is 11.8. The fraction of sp³-hybridized carbons (Fsp3) is 0.417. The Bertz CT molecular complexity index is 570. The summed E-state index contributed by atoms with van der Waals surface area (Å²) >= 11 is 0. The van der Waals surface area contributed by atoms with Gasteiger partial charge in [0, 0.05) is 24.0 Å². The summed E-state index contributed by atoms with van der Waals surface area (Å²) in [5.41, 5.74) is 1.29. The lowest BCUT2D eigenvalue weighted by Gasteiger charge is -2.08. The second kappa shape index (κ2) is 3.84. The molecule has 1 aliphatic rings. The molecule has 5 nitrogen and oxygen atoms in total. The Hall–Kier alpha value is -1.91. The number of aromatic nitrogens is 3. The first-order chi connectivity index (χ1) is 8.25. The Morgan fingerprint density at radius 1 is 1.29 bits per heavy atom. The average molecular weight is 231 g/mol. The van der Waals surface area contributed by atoms with Crippen LogP contribution in [0.15, 0.2) is 18.6 Å². The molecule has 0 unspecified atom stereocenters. The van der Waals surface area contributed by atoms with Crippen LogP contribution in [0.2, 0.25) is 0 Å². The van der Waals surface area contributed by atoms with Crippen LogP contribution in [0.5, 0.6) is 0 Å². The third kappa shape index (κ3) is 1.67. The van der Waals surface area contributed by atoms with Gasteiger partial charge in [0.15, 0.2) is 0 Å². The average Bonchev–Trinajstić information content (AvgIpc) is 2.96. The van der Waals surface area contributed by atoms with Crippen molar-refractivity contribution in [1.29, 1.82) is 0 Å². The zero-order valence-corrected chi connectivity index (χ0v) is 9.33. The maximum atomic E-state index is 10.9. The molecule has 2 aromatic rings. The number of hydrogen-bond donors (Lipinski definition) is 1. The van der Waals surface area contributed by atoms with E-state index in [4.69, 9.17) is 5.11 Å². The third-order valence-electron chi connectivity index (χ3n) is 3.41. The molecule has 0 spiro atoms. The molecule has 1 saturated carbocycles. The van der Waals surface area contributed by atoms with E-state index in [0.717, 1.165) is 18.5 Å². The standard InChI is InChI=1S/C12H13N3O2/c16-11(17)9-5-13-12-14-6-10(15(12)7-9)8-3-1-2-4-8/h5-8H,1-4H2,(H,16,17). The fourth-order valence-corrected chi connectivity index (χ4v) is 2.53. The molecule has 0 atom stereocenters. The van der Waals surface area contributed by atoms with Crippen LogP contribution in [0.3, 0.4) is 0 Å². The molecular formula is C12H13N3O2. The maximum Gasteiger partial charge on any atom is 0.338 e. The quantitative estimate of drug-likeness (QED) is 0.859. The Balaban J connectivity index is 2.11. The van der Waals surface area contributed by atoms with E-state index in [1.54, 1.807) is 6.20 Å². The van der Waals surface area contributed by atoms with Gasteiger partial charge in [0.2, 0.25) is 5.78 Å². The molecule has 5 heteroatoms. The number of nitrogens with zero attached hydrogens (tertiary/aromatic N) is 3. The number of imidazole rings is 1. The van der Waals surface area contributed by atoms with E-state index < -0.39 is 5.97 Å². The van der Waals surface area contributed by atoms with Gasteiger partial charge >= 0.3 is 5.97 Å². The molecule has 1 aliphatic carbocycles. The maximum absolute atomic E-state index is 10.9. The van der Waals surface area contributed by atoms with Crippen molar-refractivity contribution < 1.29 is 9.90 Å². The zero-order valence-electron chi connectivity index (χ0n) is 9.33. The highest BCUT2D eigenvalue weighted by Crippen LogP contribution is 2.34. The first kappa shape index (κ1) is 10.3. The van der Waals surface area contributed by atoms with Gasteiger partial charge in [-0.25, -0.2) is 14.8 Å². The Morgan fingerprint density at radius 3 is 2.71 bits per heavy atom. The lowest BCUT2D eigenvalue weighted by atomic mass is 10.1. The van der Waals surface area contributed by atoms with E-state index in [1.165, 1.54) is 19.0 Å². The van der Waals surface area contributed by atoms with Crippen LogP contribution < -0.4 is 0 Å². The lowest BCUT2D eigenvalue weighted by Crippen LogP contribution is -2.04. The molecule has 2 aromatic heterocycles. The molecule has 3 rings (SSSR count). The van der Waals surface area contributed by atoms with E-state index in [9.17, 15) is 4.79 Å². The second-order valence-electron chi connectivity index (χ2n) is 4.48. The van der Waals surface area contributed by atoms with Crippen LogP contribution in [0.4, 0.5) is 0 Å². The van der Waals surface area contributed by atoms with Crippen LogP contribution in [-0.4, -0.2) is 25.4 Å². The van der Waals surface area contributed by atoms with Crippen LogP contribution in [0.1, 0.15) is 47.7 Å². The van der Waals surface area contributed by atoms with E-state index in [1.807, 2.05) is 10.6 Å². The summed E-state index contributed by atoms with van der Waals surface area (Å²) in [5.74, 6) is 0.123. The van der Waals surface area contributed by atoms with E-state index in [0.29, 0.717) is 11.7 Å². The highest BCUT2D eigenvalue weighted by molar-refractivity contribution is 5.87. The van der Waals surface area contributed by atoms with E-state index >= 15 is 0 Å². The molecule has 0 aromatic carbocycles. The van der Waals surface area contributed by atoms with Gasteiger partial charge in [0.05, 0.1) is 11.8 Å².